The van der Waals surface area contributed by atoms with Crippen LogP contribution < -0.4 is 5.32 Å². The summed E-state index contributed by atoms with van der Waals surface area (Å²) in [6.45, 7) is 9.59. The predicted molar refractivity (Wildman–Crippen MR) is 77.5 cm³/mol. The molecule has 0 bridgehead atoms. The summed E-state index contributed by atoms with van der Waals surface area (Å²) < 4.78 is 1.11. The van der Waals surface area contributed by atoms with Gasteiger partial charge in [-0.2, -0.15) is 0 Å². The van der Waals surface area contributed by atoms with Gasteiger partial charge < -0.3 is 5.32 Å². The molecular weight excluding hydrogens is 276 g/mol. The van der Waals surface area contributed by atoms with E-state index in [9.17, 15) is 0 Å². The lowest BCUT2D eigenvalue weighted by molar-refractivity contribution is 0.115. The summed E-state index contributed by atoms with van der Waals surface area (Å²) in [5.74, 6) is 0.905. The fourth-order valence-electron chi connectivity index (χ4n) is 3.24. The highest BCUT2D eigenvalue weighted by Crippen LogP contribution is 2.28. The molecule has 0 aromatic heterocycles. The zero-order valence-electron chi connectivity index (χ0n) is 10.9. The van der Waals surface area contributed by atoms with Gasteiger partial charge in [-0.3, -0.25) is 4.90 Å². The smallest absolute Gasteiger partial charge is 0.0297 e. The highest BCUT2D eigenvalue weighted by atomic mass is 79.9. The van der Waals surface area contributed by atoms with E-state index in [0.29, 0.717) is 12.1 Å². The van der Waals surface area contributed by atoms with Crippen molar-refractivity contribution in [2.45, 2.75) is 51.1 Å². The molecule has 2 fully saturated rings. The van der Waals surface area contributed by atoms with Gasteiger partial charge >= 0.3 is 0 Å². The van der Waals surface area contributed by atoms with Crippen molar-refractivity contribution in [1.29, 1.82) is 0 Å². The van der Waals surface area contributed by atoms with E-state index in [4.69, 9.17) is 0 Å². The van der Waals surface area contributed by atoms with Crippen molar-refractivity contribution >= 4 is 15.9 Å². The van der Waals surface area contributed by atoms with Crippen LogP contribution in [-0.4, -0.2) is 36.6 Å². The van der Waals surface area contributed by atoms with Gasteiger partial charge in [-0.05, 0) is 25.7 Å². The summed E-state index contributed by atoms with van der Waals surface area (Å²) in [6.07, 6.45) is 7.17. The number of nitrogens with zero attached hydrogens (tertiary/aromatic N) is 1. The van der Waals surface area contributed by atoms with Crippen molar-refractivity contribution in [2.24, 2.45) is 5.92 Å². The molecule has 1 aliphatic carbocycles. The summed E-state index contributed by atoms with van der Waals surface area (Å²) in [6, 6.07) is 1.34. The van der Waals surface area contributed by atoms with Gasteiger partial charge in [-0.1, -0.05) is 41.8 Å². The fourth-order valence-corrected chi connectivity index (χ4v) is 3.56. The molecule has 0 amide bonds. The monoisotopic (exact) mass is 300 g/mol. The molecule has 0 aromatic rings. The number of hydrogen-bond acceptors (Lipinski definition) is 2. The van der Waals surface area contributed by atoms with Crippen molar-refractivity contribution in [2.75, 3.05) is 19.6 Å². The SMILES string of the molecule is C=C(Br)CN1CC(C2CCCCC2)NCC1C. The minimum Gasteiger partial charge on any atom is -0.311 e. The first-order chi connectivity index (χ1) is 8.16. The van der Waals surface area contributed by atoms with E-state index >= 15 is 0 Å². The molecule has 2 rings (SSSR count). The molecule has 0 radical (unpaired) electrons. The molecule has 2 atom stereocenters. The molecule has 2 aliphatic rings. The third-order valence-corrected chi connectivity index (χ3v) is 4.57. The molecule has 17 heavy (non-hydrogen) atoms. The quantitative estimate of drug-likeness (QED) is 0.861. The summed E-state index contributed by atoms with van der Waals surface area (Å²) in [5, 5.41) is 3.76. The van der Waals surface area contributed by atoms with Gasteiger partial charge in [-0.15, -0.1) is 0 Å². The third kappa shape index (κ3) is 3.80. The second-order valence-electron chi connectivity index (χ2n) is 5.71. The van der Waals surface area contributed by atoms with E-state index in [1.165, 1.54) is 38.6 Å². The molecule has 2 nitrogen and oxygen atoms in total. The normalized spacial score (nSPS) is 32.6. The van der Waals surface area contributed by atoms with Gasteiger partial charge in [0.2, 0.25) is 0 Å². The molecule has 1 N–H and O–H groups in total. The van der Waals surface area contributed by atoms with Crippen molar-refractivity contribution in [3.05, 3.63) is 11.1 Å². The number of hydrogen-bond donors (Lipinski definition) is 1. The molecule has 3 heteroatoms. The van der Waals surface area contributed by atoms with Gasteiger partial charge in [0.1, 0.15) is 0 Å². The van der Waals surface area contributed by atoms with Crippen LogP contribution in [0, 0.1) is 5.92 Å². The molecule has 0 aromatic carbocycles. The summed E-state index contributed by atoms with van der Waals surface area (Å²) >= 11 is 3.50. The van der Waals surface area contributed by atoms with E-state index in [1.54, 1.807) is 0 Å². The summed E-state index contributed by atoms with van der Waals surface area (Å²) in [5.41, 5.74) is 0. The number of nitrogens with one attached hydrogen (secondary N) is 1. The topological polar surface area (TPSA) is 15.3 Å². The van der Waals surface area contributed by atoms with Gasteiger partial charge in [0.05, 0.1) is 0 Å². The molecule has 2 unspecified atom stereocenters. The van der Waals surface area contributed by atoms with Gasteiger partial charge in [0.15, 0.2) is 0 Å². The highest BCUT2D eigenvalue weighted by Gasteiger charge is 2.30. The Bertz CT molecular complexity index is 261. The first-order valence-corrected chi connectivity index (χ1v) is 7.77. The Morgan fingerprint density at radius 2 is 2.06 bits per heavy atom. The van der Waals surface area contributed by atoms with Crippen LogP contribution in [0.2, 0.25) is 0 Å². The second kappa shape index (κ2) is 6.35. The maximum Gasteiger partial charge on any atom is 0.0297 e. The van der Waals surface area contributed by atoms with Crippen LogP contribution in [0.25, 0.3) is 0 Å². The van der Waals surface area contributed by atoms with Crippen LogP contribution in [0.15, 0.2) is 11.1 Å². The Hall–Kier alpha value is 0.140. The maximum absolute atomic E-state index is 3.98. The van der Waals surface area contributed by atoms with E-state index in [0.717, 1.165) is 23.5 Å². The zero-order valence-corrected chi connectivity index (χ0v) is 12.5. The first-order valence-electron chi connectivity index (χ1n) is 6.97. The Morgan fingerprint density at radius 1 is 1.35 bits per heavy atom. The minimum atomic E-state index is 0.629. The number of halogens is 1. The predicted octanol–water partition coefficient (Wildman–Crippen LogP) is 3.14. The van der Waals surface area contributed by atoms with Crippen molar-refractivity contribution in [1.82, 2.24) is 10.2 Å². The lowest BCUT2D eigenvalue weighted by Crippen LogP contribution is -2.58. The van der Waals surface area contributed by atoms with E-state index in [-0.39, 0.29) is 0 Å². The van der Waals surface area contributed by atoms with Crippen LogP contribution >= 0.6 is 15.9 Å². The molecule has 0 spiro atoms. The number of rotatable bonds is 3. The van der Waals surface area contributed by atoms with E-state index < -0.39 is 0 Å². The molecule has 1 saturated heterocycles. The lowest BCUT2D eigenvalue weighted by Gasteiger charge is -2.42. The van der Waals surface area contributed by atoms with Gasteiger partial charge in [-0.25, -0.2) is 0 Å². The van der Waals surface area contributed by atoms with Crippen molar-refractivity contribution < 1.29 is 0 Å². The number of piperazine rings is 1. The van der Waals surface area contributed by atoms with Gasteiger partial charge in [0.25, 0.3) is 0 Å². The Balaban J connectivity index is 1.89. The van der Waals surface area contributed by atoms with Crippen LogP contribution in [0.1, 0.15) is 39.0 Å². The highest BCUT2D eigenvalue weighted by molar-refractivity contribution is 9.11. The Kier molecular flexibility index (Phi) is 5.07. The minimum absolute atomic E-state index is 0.629. The fraction of sp³-hybridized carbons (Fsp3) is 0.857. The van der Waals surface area contributed by atoms with Gasteiger partial charge in [0, 0.05) is 36.2 Å². The second-order valence-corrected chi connectivity index (χ2v) is 6.83. The summed E-state index contributed by atoms with van der Waals surface area (Å²) in [7, 11) is 0. The van der Waals surface area contributed by atoms with Crippen LogP contribution in [0.3, 0.4) is 0 Å². The average Bonchev–Trinajstić information content (AvgIpc) is 2.32. The molecule has 1 aliphatic heterocycles. The van der Waals surface area contributed by atoms with Crippen LogP contribution in [0.4, 0.5) is 0 Å². The van der Waals surface area contributed by atoms with E-state index in [1.807, 2.05) is 0 Å². The molecule has 1 heterocycles. The molecule has 98 valence electrons. The molecule has 1 saturated carbocycles. The standard InChI is InChI=1S/C14H25BrN2/c1-11(15)9-17-10-14(16-8-12(17)2)13-6-4-3-5-7-13/h12-14,16H,1,3-10H2,2H3. The first kappa shape index (κ1) is 13.6. The van der Waals surface area contributed by atoms with Crippen LogP contribution in [-0.2, 0) is 0 Å². The third-order valence-electron chi connectivity index (χ3n) is 4.32. The average molecular weight is 301 g/mol. The van der Waals surface area contributed by atoms with Crippen molar-refractivity contribution in [3.8, 4) is 0 Å². The zero-order chi connectivity index (χ0) is 12.3. The Morgan fingerprint density at radius 3 is 2.71 bits per heavy atom. The maximum atomic E-state index is 3.98. The van der Waals surface area contributed by atoms with E-state index in [2.05, 4.69) is 39.6 Å². The lowest BCUT2D eigenvalue weighted by atomic mass is 9.82. The summed E-state index contributed by atoms with van der Waals surface area (Å²) in [4.78, 5) is 2.56. The largest absolute Gasteiger partial charge is 0.311 e. The van der Waals surface area contributed by atoms with Crippen LogP contribution in [0.5, 0.6) is 0 Å². The van der Waals surface area contributed by atoms with Crippen molar-refractivity contribution in [3.63, 3.8) is 0 Å². The molecular formula is C14H25BrN2. The Labute approximate surface area is 114 Å².